The largest absolute Gasteiger partial charge is 0.474 e. The van der Waals surface area contributed by atoms with Gasteiger partial charge in [-0.05, 0) is 0 Å². The van der Waals surface area contributed by atoms with Gasteiger partial charge in [0.2, 0.25) is 11.8 Å². The van der Waals surface area contributed by atoms with Gasteiger partial charge in [-0.1, -0.05) is 0 Å². The lowest BCUT2D eigenvalue weighted by Gasteiger charge is -2.32. The number of halogens is 3. The molecule has 0 saturated carbocycles. The van der Waals surface area contributed by atoms with Gasteiger partial charge < -0.3 is 14.4 Å². The fourth-order valence-electron chi connectivity index (χ4n) is 2.17. The van der Waals surface area contributed by atoms with E-state index in [-0.39, 0.29) is 25.2 Å². The van der Waals surface area contributed by atoms with Gasteiger partial charge in [0.05, 0.1) is 7.11 Å². The Balaban J connectivity index is 1.83. The van der Waals surface area contributed by atoms with Gasteiger partial charge in [-0.2, -0.15) is 18.2 Å². The van der Waals surface area contributed by atoms with Crippen LogP contribution in [0.15, 0.2) is 12.3 Å². The lowest BCUT2D eigenvalue weighted by molar-refractivity contribution is -0.162. The Kier molecular flexibility index (Phi) is 5.04. The van der Waals surface area contributed by atoms with Crippen molar-refractivity contribution in [3.63, 3.8) is 0 Å². The SMILES string of the molecule is COc1nccc(OC2CCN(C(=O)CC(F)(F)F)CC2)n1. The summed E-state index contributed by atoms with van der Waals surface area (Å²) in [6.45, 7) is 0.476. The van der Waals surface area contributed by atoms with E-state index in [0.29, 0.717) is 18.7 Å². The van der Waals surface area contributed by atoms with E-state index < -0.39 is 18.5 Å². The van der Waals surface area contributed by atoms with Crippen LogP contribution in [0.25, 0.3) is 0 Å². The van der Waals surface area contributed by atoms with Crippen LogP contribution in [0.3, 0.4) is 0 Å². The third-order valence-corrected chi connectivity index (χ3v) is 3.22. The molecule has 0 bridgehead atoms. The van der Waals surface area contributed by atoms with Crippen molar-refractivity contribution in [1.29, 1.82) is 0 Å². The van der Waals surface area contributed by atoms with Crippen molar-refractivity contribution in [1.82, 2.24) is 14.9 Å². The number of hydrogen-bond donors (Lipinski definition) is 0. The van der Waals surface area contributed by atoms with Crippen molar-refractivity contribution >= 4 is 5.91 Å². The molecule has 1 aliphatic rings. The second-order valence-electron chi connectivity index (χ2n) is 4.87. The van der Waals surface area contributed by atoms with Gasteiger partial charge in [-0.25, -0.2) is 4.98 Å². The molecule has 22 heavy (non-hydrogen) atoms. The number of ether oxygens (including phenoxy) is 2. The summed E-state index contributed by atoms with van der Waals surface area (Å²) in [6, 6.07) is 1.75. The quantitative estimate of drug-likeness (QED) is 0.847. The number of methoxy groups -OCH3 is 1. The molecule has 0 N–H and O–H groups in total. The zero-order valence-corrected chi connectivity index (χ0v) is 12.0. The molecule has 0 radical (unpaired) electrons. The highest BCUT2D eigenvalue weighted by Crippen LogP contribution is 2.23. The van der Waals surface area contributed by atoms with E-state index in [4.69, 9.17) is 9.47 Å². The van der Waals surface area contributed by atoms with Crippen LogP contribution in [0, 0.1) is 0 Å². The summed E-state index contributed by atoms with van der Waals surface area (Å²) in [5.74, 6) is -0.554. The molecule has 1 fully saturated rings. The molecule has 1 aromatic rings. The summed E-state index contributed by atoms with van der Waals surface area (Å²) in [4.78, 5) is 20.6. The van der Waals surface area contributed by atoms with Gasteiger partial charge >= 0.3 is 12.2 Å². The standard InChI is InChI=1S/C13H16F3N3O3/c1-21-12-17-5-2-10(18-12)22-9-3-6-19(7-4-9)11(20)8-13(14,15)16/h2,5,9H,3-4,6-8H2,1H3. The van der Waals surface area contributed by atoms with Crippen LogP contribution in [0.4, 0.5) is 13.2 Å². The molecule has 0 aliphatic carbocycles. The number of likely N-dealkylation sites (tertiary alicyclic amines) is 1. The van der Waals surface area contributed by atoms with E-state index in [1.165, 1.54) is 18.2 Å². The molecule has 2 rings (SSSR count). The van der Waals surface area contributed by atoms with Crippen LogP contribution in [-0.2, 0) is 4.79 Å². The first kappa shape index (κ1) is 16.3. The van der Waals surface area contributed by atoms with Crippen molar-refractivity contribution in [3.8, 4) is 11.9 Å². The molecule has 0 spiro atoms. The first-order chi connectivity index (χ1) is 10.4. The number of carbonyl (C=O) groups excluding carboxylic acids is 1. The Hall–Kier alpha value is -2.06. The first-order valence-electron chi connectivity index (χ1n) is 6.75. The summed E-state index contributed by atoms with van der Waals surface area (Å²) in [7, 11) is 1.43. The Morgan fingerprint density at radius 2 is 2.09 bits per heavy atom. The lowest BCUT2D eigenvalue weighted by Crippen LogP contribution is -2.43. The maximum absolute atomic E-state index is 12.2. The minimum atomic E-state index is -4.47. The van der Waals surface area contributed by atoms with Crippen molar-refractivity contribution in [2.75, 3.05) is 20.2 Å². The molecule has 1 saturated heterocycles. The normalized spacial score (nSPS) is 16.5. The maximum Gasteiger partial charge on any atom is 0.397 e. The molecule has 0 atom stereocenters. The fraction of sp³-hybridized carbons (Fsp3) is 0.615. The van der Waals surface area contributed by atoms with Crippen LogP contribution in [0.5, 0.6) is 11.9 Å². The Morgan fingerprint density at radius 3 is 2.68 bits per heavy atom. The number of amides is 1. The first-order valence-corrected chi connectivity index (χ1v) is 6.75. The summed E-state index contributed by atoms with van der Waals surface area (Å²) >= 11 is 0. The van der Waals surface area contributed by atoms with Crippen molar-refractivity contribution in [3.05, 3.63) is 12.3 Å². The Morgan fingerprint density at radius 1 is 1.41 bits per heavy atom. The van der Waals surface area contributed by atoms with E-state index in [2.05, 4.69) is 9.97 Å². The zero-order chi connectivity index (χ0) is 16.2. The minimum absolute atomic E-state index is 0.176. The number of hydrogen-bond acceptors (Lipinski definition) is 5. The van der Waals surface area contributed by atoms with Crippen LogP contribution in [-0.4, -0.2) is 53.3 Å². The minimum Gasteiger partial charge on any atom is -0.474 e. The highest BCUT2D eigenvalue weighted by molar-refractivity contribution is 5.76. The predicted octanol–water partition coefficient (Wildman–Crippen LogP) is 1.81. The Labute approximate surface area is 125 Å². The average molecular weight is 319 g/mol. The predicted molar refractivity (Wildman–Crippen MR) is 69.5 cm³/mol. The van der Waals surface area contributed by atoms with Gasteiger partial charge in [-0.15, -0.1) is 0 Å². The van der Waals surface area contributed by atoms with Crippen molar-refractivity contribution < 1.29 is 27.4 Å². The zero-order valence-electron chi connectivity index (χ0n) is 12.0. The smallest absolute Gasteiger partial charge is 0.397 e. The number of alkyl halides is 3. The van der Waals surface area contributed by atoms with Gasteiger partial charge in [0.1, 0.15) is 12.5 Å². The van der Waals surface area contributed by atoms with Gasteiger partial charge in [-0.3, -0.25) is 4.79 Å². The monoisotopic (exact) mass is 319 g/mol. The van der Waals surface area contributed by atoms with Gasteiger partial charge in [0.25, 0.3) is 0 Å². The Bertz CT molecular complexity index is 517. The van der Waals surface area contributed by atoms with Crippen molar-refractivity contribution in [2.45, 2.75) is 31.5 Å². The summed E-state index contributed by atoms with van der Waals surface area (Å²) in [5.41, 5.74) is 0. The van der Waals surface area contributed by atoms with Crippen molar-refractivity contribution in [2.24, 2.45) is 0 Å². The molecule has 1 aliphatic heterocycles. The molecule has 9 heteroatoms. The molecule has 1 aromatic heterocycles. The van der Waals surface area contributed by atoms with E-state index in [1.807, 2.05) is 0 Å². The lowest BCUT2D eigenvalue weighted by atomic mass is 10.1. The van der Waals surface area contributed by atoms with Crippen LogP contribution in [0.1, 0.15) is 19.3 Å². The number of aromatic nitrogens is 2. The second kappa shape index (κ2) is 6.80. The number of nitrogens with zero attached hydrogens (tertiary/aromatic N) is 3. The highest BCUT2D eigenvalue weighted by Gasteiger charge is 2.34. The maximum atomic E-state index is 12.2. The van der Waals surface area contributed by atoms with Crippen LogP contribution in [0.2, 0.25) is 0 Å². The highest BCUT2D eigenvalue weighted by atomic mass is 19.4. The van der Waals surface area contributed by atoms with Gasteiger partial charge in [0.15, 0.2) is 0 Å². The molecule has 1 amide bonds. The molecule has 0 unspecified atom stereocenters. The van der Waals surface area contributed by atoms with E-state index in [9.17, 15) is 18.0 Å². The second-order valence-corrected chi connectivity index (χ2v) is 4.87. The fourth-order valence-corrected chi connectivity index (χ4v) is 2.17. The third kappa shape index (κ3) is 4.74. The van der Waals surface area contributed by atoms with Crippen LogP contribution >= 0.6 is 0 Å². The topological polar surface area (TPSA) is 64.6 Å². The average Bonchev–Trinajstić information content (AvgIpc) is 2.46. The van der Waals surface area contributed by atoms with E-state index in [1.54, 1.807) is 6.07 Å². The third-order valence-electron chi connectivity index (χ3n) is 3.22. The molecule has 2 heterocycles. The molecular weight excluding hydrogens is 303 g/mol. The summed E-state index contributed by atoms with van der Waals surface area (Å²) in [5, 5.41) is 0. The number of rotatable bonds is 4. The summed E-state index contributed by atoms with van der Waals surface area (Å²) < 4.78 is 47.1. The molecular formula is C13H16F3N3O3. The molecule has 6 nitrogen and oxygen atoms in total. The van der Waals surface area contributed by atoms with Gasteiger partial charge in [0, 0.05) is 38.2 Å². The summed E-state index contributed by atoms with van der Waals surface area (Å²) in [6.07, 6.45) is -3.69. The molecule has 0 aromatic carbocycles. The molecule has 122 valence electrons. The van der Waals surface area contributed by atoms with E-state index >= 15 is 0 Å². The van der Waals surface area contributed by atoms with E-state index in [0.717, 1.165) is 0 Å². The number of piperidine rings is 1. The van der Waals surface area contributed by atoms with Crippen LogP contribution < -0.4 is 9.47 Å². The number of carbonyl (C=O) groups is 1.